The van der Waals surface area contributed by atoms with Crippen molar-refractivity contribution in [3.8, 4) is 11.5 Å². The Morgan fingerprint density at radius 3 is 2.50 bits per heavy atom. The third-order valence-corrected chi connectivity index (χ3v) is 4.18. The molecule has 2 heterocycles. The first-order chi connectivity index (χ1) is 15.3. The van der Waals surface area contributed by atoms with E-state index in [9.17, 15) is 19.2 Å². The molecule has 0 spiro atoms. The highest BCUT2D eigenvalue weighted by Crippen LogP contribution is 2.30. The topological polar surface area (TPSA) is 162 Å². The lowest BCUT2D eigenvalue weighted by Crippen LogP contribution is -2.40. The molecule has 1 unspecified atom stereocenters. The number of nitrogens with one attached hydrogen (secondary N) is 1. The maximum absolute atomic E-state index is 11.8. The van der Waals surface area contributed by atoms with Gasteiger partial charge in [-0.1, -0.05) is 12.1 Å². The Morgan fingerprint density at radius 1 is 1.19 bits per heavy atom. The molecule has 0 fully saturated rings. The van der Waals surface area contributed by atoms with Crippen LogP contribution in [0.5, 0.6) is 11.5 Å². The minimum atomic E-state index is -1.26. The molecule has 0 aliphatic carbocycles. The van der Waals surface area contributed by atoms with Gasteiger partial charge in [0.2, 0.25) is 0 Å². The van der Waals surface area contributed by atoms with E-state index in [1.54, 1.807) is 0 Å². The molecule has 1 atom stereocenters. The summed E-state index contributed by atoms with van der Waals surface area (Å²) in [6.07, 6.45) is 2.94. The van der Waals surface area contributed by atoms with Gasteiger partial charge in [-0.25, -0.2) is 19.1 Å². The summed E-state index contributed by atoms with van der Waals surface area (Å²) in [5.41, 5.74) is -0.799. The smallest absolute Gasteiger partial charge is 0.347 e. The predicted molar refractivity (Wildman–Crippen MR) is 112 cm³/mol. The fourth-order valence-electron chi connectivity index (χ4n) is 2.60. The van der Waals surface area contributed by atoms with E-state index in [4.69, 9.17) is 19.7 Å². The second kappa shape index (κ2) is 12.1. The van der Waals surface area contributed by atoms with Gasteiger partial charge in [-0.05, 0) is 25.1 Å². The molecule has 0 saturated carbocycles. The fraction of sp³-hybridized carbons (Fsp3) is 0.350. The molecule has 32 heavy (non-hydrogen) atoms. The summed E-state index contributed by atoms with van der Waals surface area (Å²) in [5.74, 6) is -0.981. The van der Waals surface area contributed by atoms with Crippen molar-refractivity contribution in [3.63, 3.8) is 0 Å². The molecule has 0 amide bonds. The summed E-state index contributed by atoms with van der Waals surface area (Å²) in [6.45, 7) is 2.32. The summed E-state index contributed by atoms with van der Waals surface area (Å²) >= 11 is 0. The number of carboxylic acid groups (broad SMARTS) is 2. The van der Waals surface area contributed by atoms with Crippen LogP contribution in [0.4, 0.5) is 0 Å². The van der Waals surface area contributed by atoms with E-state index in [-0.39, 0.29) is 6.10 Å². The number of nitrogens with zero attached hydrogens (tertiary/aromatic N) is 3. The van der Waals surface area contributed by atoms with Crippen LogP contribution in [0.25, 0.3) is 0 Å². The Hall–Kier alpha value is -3.93. The summed E-state index contributed by atoms with van der Waals surface area (Å²) < 4.78 is 13.8. The zero-order valence-corrected chi connectivity index (χ0v) is 17.3. The van der Waals surface area contributed by atoms with Gasteiger partial charge in [0, 0.05) is 32.3 Å². The van der Waals surface area contributed by atoms with E-state index in [1.165, 1.54) is 11.7 Å². The summed E-state index contributed by atoms with van der Waals surface area (Å²) in [5, 5.41) is 22.8. The molecule has 0 bridgehead atoms. The van der Waals surface area contributed by atoms with E-state index in [0.29, 0.717) is 38.4 Å². The van der Waals surface area contributed by atoms with Gasteiger partial charge in [0.25, 0.3) is 5.56 Å². The van der Waals surface area contributed by atoms with E-state index >= 15 is 0 Å². The lowest BCUT2D eigenvalue weighted by atomic mass is 10.2. The summed E-state index contributed by atoms with van der Waals surface area (Å²) in [6, 6.07) is 7.60. The van der Waals surface area contributed by atoms with Crippen molar-refractivity contribution >= 4 is 11.9 Å². The highest BCUT2D eigenvalue weighted by Gasteiger charge is 2.19. The van der Waals surface area contributed by atoms with Crippen LogP contribution in [0.1, 0.15) is 6.42 Å². The van der Waals surface area contributed by atoms with Crippen LogP contribution in [-0.4, -0.2) is 62.3 Å². The van der Waals surface area contributed by atoms with Crippen LogP contribution < -0.4 is 26.0 Å². The molecule has 172 valence electrons. The first-order valence-corrected chi connectivity index (χ1v) is 9.64. The van der Waals surface area contributed by atoms with E-state index in [1.807, 2.05) is 24.3 Å². The summed E-state index contributed by atoms with van der Waals surface area (Å²) in [7, 11) is 1.44. The van der Waals surface area contributed by atoms with Gasteiger partial charge in [0.15, 0.2) is 11.5 Å². The number of aliphatic carboxylic acids is 2. The maximum atomic E-state index is 11.8. The van der Waals surface area contributed by atoms with Crippen LogP contribution in [-0.2, 0) is 23.2 Å². The van der Waals surface area contributed by atoms with Gasteiger partial charge in [-0.3, -0.25) is 9.36 Å². The van der Waals surface area contributed by atoms with Crippen molar-refractivity contribution in [3.05, 3.63) is 63.5 Å². The second-order valence-corrected chi connectivity index (χ2v) is 6.61. The molecular weight excluding hydrogens is 424 g/mol. The largest absolute Gasteiger partial charge is 0.486 e. The highest BCUT2D eigenvalue weighted by atomic mass is 16.6. The first kappa shape index (κ1) is 24.3. The van der Waals surface area contributed by atoms with Crippen LogP contribution in [0.3, 0.4) is 0 Å². The number of hydrogen-bond acceptors (Lipinski definition) is 8. The van der Waals surface area contributed by atoms with Crippen LogP contribution in [0.15, 0.2) is 52.2 Å². The quantitative estimate of drug-likeness (QED) is 0.354. The molecule has 0 saturated heterocycles. The standard InChI is InChI=1S/C16H20N4O4.C4H4O4/c1-19-15(21)10-18-20(16(19)22)8-4-7-17-9-12-11-23-13-5-2-3-6-14(13)24-12;5-3(6)1-2-4(7)8/h2-3,5-6,10,12,17H,4,7-9,11H2,1H3;1-2H,(H,5,6)(H,7,8)/b;2-1+. The molecule has 1 aromatic heterocycles. The molecule has 12 nitrogen and oxygen atoms in total. The second-order valence-electron chi connectivity index (χ2n) is 6.61. The van der Waals surface area contributed by atoms with Gasteiger partial charge < -0.3 is 25.0 Å². The Labute approximate surface area is 182 Å². The van der Waals surface area contributed by atoms with Crippen molar-refractivity contribution in [2.24, 2.45) is 7.05 Å². The van der Waals surface area contributed by atoms with Gasteiger partial charge in [0.1, 0.15) is 18.9 Å². The number of hydrogen-bond donors (Lipinski definition) is 3. The molecule has 0 radical (unpaired) electrons. The number of carboxylic acids is 2. The van der Waals surface area contributed by atoms with Gasteiger partial charge in [-0.15, -0.1) is 0 Å². The number of aryl methyl sites for hydroxylation is 1. The zero-order valence-electron chi connectivity index (χ0n) is 17.3. The maximum Gasteiger partial charge on any atom is 0.347 e. The van der Waals surface area contributed by atoms with Gasteiger partial charge in [0.05, 0.1) is 0 Å². The van der Waals surface area contributed by atoms with Crippen molar-refractivity contribution < 1.29 is 29.3 Å². The molecule has 3 N–H and O–H groups in total. The molecule has 1 aliphatic rings. The minimum absolute atomic E-state index is 0.0432. The van der Waals surface area contributed by atoms with Crippen molar-refractivity contribution in [1.29, 1.82) is 0 Å². The summed E-state index contributed by atoms with van der Waals surface area (Å²) in [4.78, 5) is 42.2. The van der Waals surface area contributed by atoms with Crippen molar-refractivity contribution in [1.82, 2.24) is 19.7 Å². The number of carbonyl (C=O) groups is 2. The van der Waals surface area contributed by atoms with E-state index < -0.39 is 23.2 Å². The van der Waals surface area contributed by atoms with Crippen LogP contribution >= 0.6 is 0 Å². The zero-order chi connectivity index (χ0) is 23.5. The Bertz CT molecular complexity index is 1060. The normalized spacial score (nSPS) is 14.5. The predicted octanol–water partition coefficient (Wildman–Crippen LogP) is -0.526. The van der Waals surface area contributed by atoms with Crippen molar-refractivity contribution in [2.45, 2.75) is 19.1 Å². The molecule has 3 rings (SSSR count). The van der Waals surface area contributed by atoms with Crippen LogP contribution in [0.2, 0.25) is 0 Å². The lowest BCUT2D eigenvalue weighted by Gasteiger charge is -2.26. The number of para-hydroxylation sites is 2. The lowest BCUT2D eigenvalue weighted by molar-refractivity contribution is -0.134. The molecule has 1 aromatic carbocycles. The third-order valence-electron chi connectivity index (χ3n) is 4.18. The molecular formula is C20H24N4O8. The highest BCUT2D eigenvalue weighted by molar-refractivity contribution is 5.89. The van der Waals surface area contributed by atoms with E-state index in [2.05, 4.69) is 10.4 Å². The number of fused-ring (bicyclic) bond motifs is 1. The first-order valence-electron chi connectivity index (χ1n) is 9.64. The molecule has 1 aliphatic heterocycles. The van der Waals surface area contributed by atoms with Crippen LogP contribution in [0, 0.1) is 0 Å². The van der Waals surface area contributed by atoms with Gasteiger partial charge >= 0.3 is 17.6 Å². The molecule has 12 heteroatoms. The monoisotopic (exact) mass is 448 g/mol. The van der Waals surface area contributed by atoms with Gasteiger partial charge in [-0.2, -0.15) is 5.10 Å². The number of ether oxygens (including phenoxy) is 2. The Balaban J connectivity index is 0.000000390. The molecule has 2 aromatic rings. The minimum Gasteiger partial charge on any atom is -0.486 e. The Kier molecular flexibility index (Phi) is 9.17. The average molecular weight is 448 g/mol. The number of aromatic nitrogens is 3. The number of rotatable bonds is 8. The Morgan fingerprint density at radius 2 is 1.84 bits per heavy atom. The SMILES string of the molecule is Cn1c(=O)cnn(CCCNCC2COc3ccccc3O2)c1=O.O=C(O)/C=C/C(=O)O. The van der Waals surface area contributed by atoms with E-state index in [0.717, 1.165) is 28.7 Å². The fourth-order valence-corrected chi connectivity index (χ4v) is 2.60. The average Bonchev–Trinajstić information content (AvgIpc) is 2.77. The van der Waals surface area contributed by atoms with Crippen molar-refractivity contribution in [2.75, 3.05) is 19.7 Å². The third kappa shape index (κ3) is 7.72. The number of benzene rings is 1.